The summed E-state index contributed by atoms with van der Waals surface area (Å²) in [5.74, 6) is -0.267. The summed E-state index contributed by atoms with van der Waals surface area (Å²) in [5, 5.41) is 3.39. The summed E-state index contributed by atoms with van der Waals surface area (Å²) in [4.78, 5) is 28.1. The van der Waals surface area contributed by atoms with Gasteiger partial charge in [0.2, 0.25) is 5.91 Å². The highest BCUT2D eigenvalue weighted by Gasteiger charge is 2.29. The van der Waals surface area contributed by atoms with Crippen LogP contribution in [0, 0.1) is 0 Å². The van der Waals surface area contributed by atoms with Gasteiger partial charge in [0.05, 0.1) is 29.7 Å². The number of methoxy groups -OCH3 is 1. The van der Waals surface area contributed by atoms with E-state index in [0.29, 0.717) is 18.5 Å². The fourth-order valence-corrected chi connectivity index (χ4v) is 3.16. The monoisotopic (exact) mass is 303 g/mol. The first-order valence-corrected chi connectivity index (χ1v) is 7.71. The quantitative estimate of drug-likeness (QED) is 0.864. The zero-order valence-corrected chi connectivity index (χ0v) is 13.0. The Balaban J connectivity index is 2.14. The molecular formula is C16H21N3O3. The largest absolute Gasteiger partial charge is 0.465 e. The normalized spacial score (nSPS) is 17.3. The van der Waals surface area contributed by atoms with Crippen LogP contribution in [0.2, 0.25) is 0 Å². The third-order valence-electron chi connectivity index (χ3n) is 4.29. The van der Waals surface area contributed by atoms with E-state index < -0.39 is 0 Å². The van der Waals surface area contributed by atoms with Gasteiger partial charge >= 0.3 is 5.97 Å². The molecule has 2 heterocycles. The molecule has 0 radical (unpaired) electrons. The number of ether oxygens (including phenoxy) is 1. The molecule has 0 aliphatic carbocycles. The van der Waals surface area contributed by atoms with Gasteiger partial charge in [-0.3, -0.25) is 4.79 Å². The van der Waals surface area contributed by atoms with E-state index >= 15 is 0 Å². The van der Waals surface area contributed by atoms with Crippen molar-refractivity contribution in [3.05, 3.63) is 17.7 Å². The van der Waals surface area contributed by atoms with E-state index in [-0.39, 0.29) is 11.9 Å². The molecule has 0 saturated carbocycles. The Morgan fingerprint density at radius 3 is 2.73 bits per heavy atom. The molecule has 1 amide bonds. The molecule has 1 N–H and O–H groups in total. The van der Waals surface area contributed by atoms with Crippen LogP contribution in [0.25, 0.3) is 0 Å². The Bertz CT molecular complexity index is 615. The summed E-state index contributed by atoms with van der Waals surface area (Å²) in [6.45, 7) is 5.34. The molecule has 0 atom stereocenters. The highest BCUT2D eigenvalue weighted by atomic mass is 16.5. The number of anilines is 3. The van der Waals surface area contributed by atoms with Crippen molar-refractivity contribution in [2.24, 2.45) is 0 Å². The predicted molar refractivity (Wildman–Crippen MR) is 85.7 cm³/mol. The molecule has 1 aromatic carbocycles. The summed E-state index contributed by atoms with van der Waals surface area (Å²) in [6, 6.07) is 3.61. The van der Waals surface area contributed by atoms with Gasteiger partial charge in [-0.05, 0) is 25.5 Å². The van der Waals surface area contributed by atoms with Gasteiger partial charge in [-0.15, -0.1) is 0 Å². The highest BCUT2D eigenvalue weighted by molar-refractivity contribution is 6.04. The molecule has 2 aliphatic heterocycles. The van der Waals surface area contributed by atoms with Crippen molar-refractivity contribution in [1.29, 1.82) is 0 Å². The van der Waals surface area contributed by atoms with Gasteiger partial charge < -0.3 is 19.9 Å². The third kappa shape index (κ3) is 2.38. The maximum atomic E-state index is 12.1. The lowest BCUT2D eigenvalue weighted by Gasteiger charge is -2.34. The molecule has 1 fully saturated rings. The van der Waals surface area contributed by atoms with Crippen molar-refractivity contribution in [2.75, 3.05) is 48.4 Å². The summed E-state index contributed by atoms with van der Waals surface area (Å²) in [6.07, 6.45) is 1.42. The van der Waals surface area contributed by atoms with E-state index in [4.69, 9.17) is 4.74 Å². The Morgan fingerprint density at radius 1 is 1.32 bits per heavy atom. The molecule has 22 heavy (non-hydrogen) atoms. The van der Waals surface area contributed by atoms with Crippen molar-refractivity contribution in [3.8, 4) is 0 Å². The maximum Gasteiger partial charge on any atom is 0.338 e. The van der Waals surface area contributed by atoms with Gasteiger partial charge in [0, 0.05) is 32.6 Å². The smallest absolute Gasteiger partial charge is 0.338 e. The Morgan fingerprint density at radius 2 is 2.09 bits per heavy atom. The lowest BCUT2D eigenvalue weighted by Crippen LogP contribution is -2.35. The van der Waals surface area contributed by atoms with E-state index in [2.05, 4.69) is 17.1 Å². The van der Waals surface area contributed by atoms with E-state index in [1.54, 1.807) is 11.0 Å². The second-order valence-corrected chi connectivity index (χ2v) is 5.54. The SMILES string of the molecule is CCN1CCNc2c1cc(C(=O)OC)cc2N1CCCC1=O. The molecule has 6 heteroatoms. The van der Waals surface area contributed by atoms with Crippen LogP contribution in [0.4, 0.5) is 17.1 Å². The van der Waals surface area contributed by atoms with Gasteiger partial charge in [-0.25, -0.2) is 4.79 Å². The van der Waals surface area contributed by atoms with Gasteiger partial charge in [0.1, 0.15) is 0 Å². The van der Waals surface area contributed by atoms with Gasteiger partial charge in [-0.2, -0.15) is 0 Å². The number of carbonyl (C=O) groups is 2. The first kappa shape index (κ1) is 14.7. The van der Waals surface area contributed by atoms with Crippen LogP contribution in [0.5, 0.6) is 0 Å². The molecule has 0 aromatic heterocycles. The standard InChI is InChI=1S/C16H21N3O3/c1-3-18-8-6-17-15-12(18)9-11(16(21)22-2)10-13(15)19-7-4-5-14(19)20/h9-10,17H,3-8H2,1-2H3. The lowest BCUT2D eigenvalue weighted by atomic mass is 10.1. The first-order valence-electron chi connectivity index (χ1n) is 7.71. The minimum atomic E-state index is -0.377. The Labute approximate surface area is 130 Å². The number of hydrogen-bond donors (Lipinski definition) is 1. The highest BCUT2D eigenvalue weighted by Crippen LogP contribution is 2.40. The molecule has 6 nitrogen and oxygen atoms in total. The molecule has 2 aliphatic rings. The number of rotatable bonds is 3. The minimum absolute atomic E-state index is 0.111. The van der Waals surface area contributed by atoms with Crippen LogP contribution >= 0.6 is 0 Å². The maximum absolute atomic E-state index is 12.1. The van der Waals surface area contributed by atoms with Crippen LogP contribution in [-0.4, -0.2) is 45.2 Å². The number of hydrogen-bond acceptors (Lipinski definition) is 5. The Kier molecular flexibility index (Phi) is 3.92. The van der Waals surface area contributed by atoms with Crippen LogP contribution in [0.15, 0.2) is 12.1 Å². The van der Waals surface area contributed by atoms with Crippen LogP contribution in [-0.2, 0) is 9.53 Å². The minimum Gasteiger partial charge on any atom is -0.465 e. The molecule has 118 valence electrons. The number of esters is 1. The molecule has 1 aromatic rings. The summed E-state index contributed by atoms with van der Waals surface area (Å²) < 4.78 is 4.86. The van der Waals surface area contributed by atoms with Crippen LogP contribution in [0.1, 0.15) is 30.1 Å². The number of nitrogens with one attached hydrogen (secondary N) is 1. The average molecular weight is 303 g/mol. The van der Waals surface area contributed by atoms with Crippen LogP contribution in [0.3, 0.4) is 0 Å². The lowest BCUT2D eigenvalue weighted by molar-refractivity contribution is -0.117. The second-order valence-electron chi connectivity index (χ2n) is 5.54. The van der Waals surface area contributed by atoms with E-state index in [1.165, 1.54) is 7.11 Å². The molecular weight excluding hydrogens is 282 g/mol. The number of benzene rings is 1. The summed E-state index contributed by atoms with van der Waals surface area (Å²) >= 11 is 0. The number of likely N-dealkylation sites (N-methyl/N-ethyl adjacent to an activating group) is 1. The zero-order valence-electron chi connectivity index (χ0n) is 13.0. The molecule has 1 saturated heterocycles. The predicted octanol–water partition coefficient (Wildman–Crippen LogP) is 1.85. The van der Waals surface area contributed by atoms with Crippen molar-refractivity contribution >= 4 is 28.9 Å². The van der Waals surface area contributed by atoms with Crippen molar-refractivity contribution in [3.63, 3.8) is 0 Å². The molecule has 0 bridgehead atoms. The van der Waals surface area contributed by atoms with Gasteiger partial charge in [0.15, 0.2) is 0 Å². The molecule has 3 rings (SSSR count). The number of nitrogens with zero attached hydrogens (tertiary/aromatic N) is 2. The van der Waals surface area contributed by atoms with E-state index in [0.717, 1.165) is 43.1 Å². The topological polar surface area (TPSA) is 61.9 Å². The first-order chi connectivity index (χ1) is 10.7. The number of fused-ring (bicyclic) bond motifs is 1. The van der Waals surface area contributed by atoms with E-state index in [1.807, 2.05) is 6.07 Å². The van der Waals surface area contributed by atoms with Gasteiger partial charge in [-0.1, -0.05) is 0 Å². The van der Waals surface area contributed by atoms with Gasteiger partial charge in [0.25, 0.3) is 0 Å². The molecule has 0 unspecified atom stereocenters. The zero-order chi connectivity index (χ0) is 15.7. The fourth-order valence-electron chi connectivity index (χ4n) is 3.16. The average Bonchev–Trinajstić information content (AvgIpc) is 2.98. The van der Waals surface area contributed by atoms with Crippen molar-refractivity contribution in [1.82, 2.24) is 0 Å². The summed E-state index contributed by atoms with van der Waals surface area (Å²) in [5.41, 5.74) is 3.18. The van der Waals surface area contributed by atoms with E-state index in [9.17, 15) is 9.59 Å². The number of amides is 1. The van der Waals surface area contributed by atoms with Crippen molar-refractivity contribution in [2.45, 2.75) is 19.8 Å². The van der Waals surface area contributed by atoms with Crippen LogP contribution < -0.4 is 15.1 Å². The molecule has 0 spiro atoms. The fraction of sp³-hybridized carbons (Fsp3) is 0.500. The second kappa shape index (κ2) is 5.87. The Hall–Kier alpha value is -2.24. The third-order valence-corrected chi connectivity index (χ3v) is 4.29. The summed E-state index contributed by atoms with van der Waals surface area (Å²) in [7, 11) is 1.37. The number of carbonyl (C=O) groups excluding carboxylic acids is 2. The van der Waals surface area contributed by atoms with Crippen molar-refractivity contribution < 1.29 is 14.3 Å².